The van der Waals surface area contributed by atoms with Crippen molar-refractivity contribution in [3.8, 4) is 0 Å². The molecule has 7 nitrogen and oxygen atoms in total. The van der Waals surface area contributed by atoms with Crippen LogP contribution in [0.2, 0.25) is 0 Å². The topological polar surface area (TPSA) is 59.2 Å². The van der Waals surface area contributed by atoms with E-state index in [2.05, 4.69) is 56.8 Å². The van der Waals surface area contributed by atoms with Gasteiger partial charge in [-0.3, -0.25) is 14.4 Å². The lowest BCUT2D eigenvalue weighted by Crippen LogP contribution is -2.50. The van der Waals surface area contributed by atoms with Gasteiger partial charge in [0.25, 0.3) is 0 Å². The van der Waals surface area contributed by atoms with E-state index >= 15 is 0 Å². The summed E-state index contributed by atoms with van der Waals surface area (Å²) in [6.45, 7) is 9.22. The summed E-state index contributed by atoms with van der Waals surface area (Å²) in [7, 11) is 2.04. The van der Waals surface area contributed by atoms with E-state index in [-0.39, 0.29) is 18.0 Å². The summed E-state index contributed by atoms with van der Waals surface area (Å²) in [6.07, 6.45) is 4.32. The van der Waals surface area contributed by atoms with E-state index < -0.39 is 0 Å². The number of aryl methyl sites for hydroxylation is 3. The summed E-state index contributed by atoms with van der Waals surface area (Å²) in [5, 5.41) is 4.54. The van der Waals surface area contributed by atoms with Crippen molar-refractivity contribution in [3.05, 3.63) is 71.6 Å². The Kier molecular flexibility index (Phi) is 6.23. The van der Waals surface area contributed by atoms with E-state index in [1.807, 2.05) is 48.9 Å². The molecule has 1 saturated heterocycles. The lowest BCUT2D eigenvalue weighted by atomic mass is 10.0. The summed E-state index contributed by atoms with van der Waals surface area (Å²) in [5.41, 5.74) is 3.32. The fourth-order valence-corrected chi connectivity index (χ4v) is 4.59. The first-order valence-electron chi connectivity index (χ1n) is 11.0. The van der Waals surface area contributed by atoms with Crippen LogP contribution in [0.25, 0.3) is 0 Å². The first-order chi connectivity index (χ1) is 14.9. The van der Waals surface area contributed by atoms with Gasteiger partial charge in [-0.25, -0.2) is 4.98 Å². The summed E-state index contributed by atoms with van der Waals surface area (Å²) in [6, 6.07) is 12.7. The first kappa shape index (κ1) is 21.3. The molecule has 2 aromatic heterocycles. The molecule has 164 valence electrons. The molecule has 0 saturated carbocycles. The zero-order chi connectivity index (χ0) is 22.0. The van der Waals surface area contributed by atoms with Crippen molar-refractivity contribution in [2.45, 2.75) is 39.3 Å². The zero-order valence-corrected chi connectivity index (χ0v) is 18.9. The number of hydrogen-bond acceptors (Lipinski definition) is 4. The number of benzene rings is 1. The quantitative estimate of drug-likeness (QED) is 0.615. The Bertz CT molecular complexity index is 1020. The molecule has 1 aromatic carbocycles. The number of carbonyl (C=O) groups is 1. The molecule has 0 radical (unpaired) electrons. The standard InChI is InChI=1S/C24H32N6O/c1-18-16-19(2)30(26-18)20(3)17-22(31)28-12-14-29(15-13-28)23(21-8-6-5-7-9-21)24-25-10-11-27(24)4/h5-11,16,20,23H,12-15,17H2,1-4H3. The minimum absolute atomic E-state index is 0.0591. The van der Waals surface area contributed by atoms with Crippen LogP contribution < -0.4 is 0 Å². The number of amides is 1. The normalized spacial score (nSPS) is 17.0. The maximum Gasteiger partial charge on any atom is 0.224 e. The van der Waals surface area contributed by atoms with E-state index in [1.165, 1.54) is 5.56 Å². The highest BCUT2D eigenvalue weighted by molar-refractivity contribution is 5.76. The van der Waals surface area contributed by atoms with E-state index in [0.29, 0.717) is 6.42 Å². The van der Waals surface area contributed by atoms with Crippen LogP contribution in [0.3, 0.4) is 0 Å². The molecule has 0 N–H and O–H groups in total. The molecule has 2 atom stereocenters. The third kappa shape index (κ3) is 4.56. The van der Waals surface area contributed by atoms with E-state index in [1.54, 1.807) is 0 Å². The van der Waals surface area contributed by atoms with Crippen LogP contribution in [0.4, 0.5) is 0 Å². The number of rotatable bonds is 6. The minimum Gasteiger partial charge on any atom is -0.340 e. The van der Waals surface area contributed by atoms with Crippen molar-refractivity contribution in [2.24, 2.45) is 7.05 Å². The van der Waals surface area contributed by atoms with E-state index in [9.17, 15) is 4.79 Å². The van der Waals surface area contributed by atoms with Crippen LogP contribution in [0.5, 0.6) is 0 Å². The van der Waals surface area contributed by atoms with Gasteiger partial charge in [0.15, 0.2) is 0 Å². The molecule has 1 fully saturated rings. The van der Waals surface area contributed by atoms with Gasteiger partial charge < -0.3 is 9.47 Å². The van der Waals surface area contributed by atoms with E-state index in [4.69, 9.17) is 0 Å². The van der Waals surface area contributed by atoms with Gasteiger partial charge in [-0.2, -0.15) is 5.10 Å². The second-order valence-corrected chi connectivity index (χ2v) is 8.55. The van der Waals surface area contributed by atoms with Gasteiger partial charge >= 0.3 is 0 Å². The number of piperazine rings is 1. The molecule has 3 aromatic rings. The molecule has 31 heavy (non-hydrogen) atoms. The van der Waals surface area contributed by atoms with Crippen LogP contribution in [0, 0.1) is 13.8 Å². The van der Waals surface area contributed by atoms with Crippen LogP contribution in [-0.2, 0) is 11.8 Å². The molecular weight excluding hydrogens is 388 g/mol. The maximum atomic E-state index is 13.0. The van der Waals surface area contributed by atoms with Crippen LogP contribution in [0.15, 0.2) is 48.8 Å². The van der Waals surface area contributed by atoms with Gasteiger partial charge in [0.2, 0.25) is 5.91 Å². The highest BCUT2D eigenvalue weighted by Crippen LogP contribution is 2.28. The first-order valence-corrected chi connectivity index (χ1v) is 11.0. The lowest BCUT2D eigenvalue weighted by Gasteiger charge is -2.39. The number of imidazole rings is 1. The molecule has 3 heterocycles. The summed E-state index contributed by atoms with van der Waals surface area (Å²) >= 11 is 0. The van der Waals surface area contributed by atoms with Gasteiger partial charge in [-0.1, -0.05) is 30.3 Å². The smallest absolute Gasteiger partial charge is 0.224 e. The Balaban J connectivity index is 1.42. The van der Waals surface area contributed by atoms with Crippen LogP contribution in [0.1, 0.15) is 48.2 Å². The zero-order valence-electron chi connectivity index (χ0n) is 18.9. The summed E-state index contributed by atoms with van der Waals surface area (Å²) in [4.78, 5) is 22.1. The van der Waals surface area contributed by atoms with Crippen molar-refractivity contribution in [2.75, 3.05) is 26.2 Å². The number of nitrogens with zero attached hydrogens (tertiary/aromatic N) is 6. The van der Waals surface area contributed by atoms with Gasteiger partial charge in [-0.05, 0) is 32.4 Å². The fraction of sp³-hybridized carbons (Fsp3) is 0.458. The van der Waals surface area contributed by atoms with Crippen molar-refractivity contribution < 1.29 is 4.79 Å². The molecule has 1 amide bonds. The average molecular weight is 421 g/mol. The van der Waals surface area contributed by atoms with Crippen LogP contribution in [-0.4, -0.2) is 61.2 Å². The molecule has 0 aliphatic carbocycles. The number of hydrogen-bond donors (Lipinski definition) is 0. The minimum atomic E-state index is 0.0591. The third-order valence-electron chi connectivity index (χ3n) is 6.18. The average Bonchev–Trinajstić information content (AvgIpc) is 3.34. The fourth-order valence-electron chi connectivity index (χ4n) is 4.59. The second kappa shape index (κ2) is 9.06. The van der Waals surface area contributed by atoms with E-state index in [0.717, 1.165) is 43.4 Å². The van der Waals surface area contributed by atoms with Crippen molar-refractivity contribution in [3.63, 3.8) is 0 Å². The highest BCUT2D eigenvalue weighted by Gasteiger charge is 2.30. The van der Waals surface area contributed by atoms with Gasteiger partial charge in [-0.15, -0.1) is 0 Å². The second-order valence-electron chi connectivity index (χ2n) is 8.55. The Labute approximate surface area is 184 Å². The molecule has 0 spiro atoms. The Morgan fingerprint density at radius 2 is 1.81 bits per heavy atom. The van der Waals surface area contributed by atoms with Gasteiger partial charge in [0.1, 0.15) is 5.82 Å². The SMILES string of the molecule is Cc1cc(C)n(C(C)CC(=O)N2CCN(C(c3ccccc3)c3nccn3C)CC2)n1. The molecule has 1 aliphatic rings. The molecular formula is C24H32N6O. The van der Waals surface area contributed by atoms with Crippen molar-refractivity contribution in [1.82, 2.24) is 29.1 Å². The monoisotopic (exact) mass is 420 g/mol. The largest absolute Gasteiger partial charge is 0.340 e. The predicted molar refractivity (Wildman–Crippen MR) is 121 cm³/mol. The Morgan fingerprint density at radius 1 is 1.10 bits per heavy atom. The highest BCUT2D eigenvalue weighted by atomic mass is 16.2. The molecule has 4 rings (SSSR count). The summed E-state index contributed by atoms with van der Waals surface area (Å²) in [5.74, 6) is 1.23. The maximum absolute atomic E-state index is 13.0. The molecule has 1 aliphatic heterocycles. The molecule has 7 heteroatoms. The Morgan fingerprint density at radius 3 is 2.39 bits per heavy atom. The number of carbonyl (C=O) groups excluding carboxylic acids is 1. The lowest BCUT2D eigenvalue weighted by molar-refractivity contribution is -0.134. The number of aromatic nitrogens is 4. The van der Waals surface area contributed by atoms with Gasteiger partial charge in [0.05, 0.1) is 17.8 Å². The predicted octanol–water partition coefficient (Wildman–Crippen LogP) is 3.12. The molecule has 0 bridgehead atoms. The van der Waals surface area contributed by atoms with Gasteiger partial charge in [0, 0.05) is 57.7 Å². The van der Waals surface area contributed by atoms with Crippen molar-refractivity contribution in [1.29, 1.82) is 0 Å². The Hall–Kier alpha value is -2.93. The third-order valence-corrected chi connectivity index (χ3v) is 6.18. The summed E-state index contributed by atoms with van der Waals surface area (Å²) < 4.78 is 4.06. The van der Waals surface area contributed by atoms with Crippen molar-refractivity contribution >= 4 is 5.91 Å². The molecule has 2 unspecified atom stereocenters. The van der Waals surface area contributed by atoms with Crippen LogP contribution >= 0.6 is 0 Å².